The number of nitrogens with zero attached hydrogens (tertiary/aromatic N) is 3. The Kier molecular flexibility index (Phi) is 4.01. The van der Waals surface area contributed by atoms with Crippen molar-refractivity contribution in [2.24, 2.45) is 0 Å². The summed E-state index contributed by atoms with van der Waals surface area (Å²) >= 11 is 0. The molecule has 2 aromatic heterocycles. The Morgan fingerprint density at radius 2 is 2.16 bits per heavy atom. The first-order valence-electron chi connectivity index (χ1n) is 8.59. The molecule has 0 spiro atoms. The van der Waals surface area contributed by atoms with Gasteiger partial charge in [0.05, 0.1) is 6.54 Å². The molecule has 1 aliphatic rings. The summed E-state index contributed by atoms with van der Waals surface area (Å²) in [6.07, 6.45) is 0.811. The van der Waals surface area contributed by atoms with Gasteiger partial charge in [0.1, 0.15) is 17.7 Å². The zero-order valence-electron chi connectivity index (χ0n) is 14.5. The van der Waals surface area contributed by atoms with Crippen molar-refractivity contribution in [3.8, 4) is 0 Å². The normalized spacial score (nSPS) is 16.8. The lowest BCUT2D eigenvalue weighted by Gasteiger charge is -2.24. The van der Waals surface area contributed by atoms with Crippen LogP contribution in [0.2, 0.25) is 0 Å². The molecule has 0 saturated carbocycles. The van der Waals surface area contributed by atoms with Crippen molar-refractivity contribution < 1.29 is 4.79 Å². The summed E-state index contributed by atoms with van der Waals surface area (Å²) < 4.78 is 2.00. The molecule has 0 aliphatic carbocycles. The molecule has 3 heterocycles. The number of aromatic amines is 1. The molecule has 3 N–H and O–H groups in total. The Morgan fingerprint density at radius 3 is 3.04 bits per heavy atom. The molecule has 1 aromatic carbocycles. The highest BCUT2D eigenvalue weighted by atomic mass is 16.2. The van der Waals surface area contributed by atoms with Crippen molar-refractivity contribution in [2.75, 3.05) is 6.54 Å². The van der Waals surface area contributed by atoms with E-state index in [0.717, 1.165) is 29.3 Å². The van der Waals surface area contributed by atoms with Crippen LogP contribution in [-0.2, 0) is 24.3 Å². The third-order valence-corrected chi connectivity index (χ3v) is 4.90. The van der Waals surface area contributed by atoms with Crippen LogP contribution in [0.5, 0.6) is 0 Å². The van der Waals surface area contributed by atoms with Gasteiger partial charge in [0.15, 0.2) is 0 Å². The Hall–Kier alpha value is -2.67. The van der Waals surface area contributed by atoms with Crippen LogP contribution in [0.25, 0.3) is 10.9 Å². The van der Waals surface area contributed by atoms with E-state index in [1.165, 1.54) is 10.9 Å². The molecular formula is C18H22N6O. The number of hydrogen-bond acceptors (Lipinski definition) is 4. The third-order valence-electron chi connectivity index (χ3n) is 4.90. The quantitative estimate of drug-likeness (QED) is 0.667. The smallest absolute Gasteiger partial charge is 0.239 e. The highest BCUT2D eigenvalue weighted by Crippen LogP contribution is 2.21. The summed E-state index contributed by atoms with van der Waals surface area (Å²) in [6, 6.07) is 8.03. The first-order valence-corrected chi connectivity index (χ1v) is 8.59. The summed E-state index contributed by atoms with van der Waals surface area (Å²) in [5, 5.41) is 15.7. The van der Waals surface area contributed by atoms with Gasteiger partial charge in [0.2, 0.25) is 5.91 Å². The number of carbonyl (C=O) groups excluding carboxylic acids is 1. The first kappa shape index (κ1) is 15.8. The van der Waals surface area contributed by atoms with E-state index in [2.05, 4.69) is 44.9 Å². The molecule has 1 amide bonds. The average molecular weight is 338 g/mol. The van der Waals surface area contributed by atoms with Gasteiger partial charge in [-0.1, -0.05) is 18.2 Å². The maximum atomic E-state index is 12.5. The van der Waals surface area contributed by atoms with Gasteiger partial charge in [-0.15, -0.1) is 10.2 Å². The number of para-hydroxylation sites is 1. The molecule has 25 heavy (non-hydrogen) atoms. The second-order valence-electron chi connectivity index (χ2n) is 6.52. The largest absolute Gasteiger partial charge is 0.358 e. The fraction of sp³-hybridized carbons (Fsp3) is 0.389. The van der Waals surface area contributed by atoms with Gasteiger partial charge < -0.3 is 14.9 Å². The lowest BCUT2D eigenvalue weighted by Crippen LogP contribution is -2.50. The van der Waals surface area contributed by atoms with Crippen molar-refractivity contribution in [3.63, 3.8) is 0 Å². The zero-order valence-corrected chi connectivity index (χ0v) is 14.5. The maximum Gasteiger partial charge on any atom is 0.239 e. The van der Waals surface area contributed by atoms with Gasteiger partial charge >= 0.3 is 0 Å². The Labute approximate surface area is 145 Å². The predicted octanol–water partition coefficient (Wildman–Crippen LogP) is 1.21. The molecule has 130 valence electrons. The minimum atomic E-state index is -0.244. The van der Waals surface area contributed by atoms with Crippen LogP contribution >= 0.6 is 0 Å². The van der Waals surface area contributed by atoms with Crippen molar-refractivity contribution in [2.45, 2.75) is 39.4 Å². The predicted molar refractivity (Wildman–Crippen MR) is 95.1 cm³/mol. The highest BCUT2D eigenvalue weighted by Gasteiger charge is 2.26. The number of hydrogen-bond donors (Lipinski definition) is 3. The van der Waals surface area contributed by atoms with Crippen LogP contribution in [0, 0.1) is 13.8 Å². The molecule has 0 radical (unpaired) electrons. The fourth-order valence-electron chi connectivity index (χ4n) is 3.52. The molecule has 3 aromatic rings. The Bertz CT molecular complexity index is 925. The average Bonchev–Trinajstić information content (AvgIpc) is 3.15. The molecule has 7 nitrogen and oxygen atoms in total. The van der Waals surface area contributed by atoms with Crippen molar-refractivity contribution >= 4 is 16.8 Å². The first-order chi connectivity index (χ1) is 12.1. The minimum absolute atomic E-state index is 0.0243. The lowest BCUT2D eigenvalue weighted by atomic mass is 10.1. The molecule has 4 rings (SSSR count). The number of carbonyl (C=O) groups is 1. The van der Waals surface area contributed by atoms with Gasteiger partial charge in [-0.3, -0.25) is 10.1 Å². The van der Waals surface area contributed by atoms with E-state index in [0.29, 0.717) is 19.6 Å². The van der Waals surface area contributed by atoms with Crippen molar-refractivity contribution in [1.29, 1.82) is 0 Å². The zero-order chi connectivity index (χ0) is 17.4. The number of fused-ring (bicyclic) bond motifs is 2. The molecule has 1 aliphatic heterocycles. The van der Waals surface area contributed by atoms with E-state index in [1.807, 2.05) is 23.6 Å². The van der Waals surface area contributed by atoms with E-state index in [1.54, 1.807) is 0 Å². The van der Waals surface area contributed by atoms with Crippen LogP contribution in [0.3, 0.4) is 0 Å². The molecule has 0 bridgehead atoms. The fourth-order valence-corrected chi connectivity index (χ4v) is 3.52. The van der Waals surface area contributed by atoms with E-state index < -0.39 is 0 Å². The summed E-state index contributed by atoms with van der Waals surface area (Å²) in [5.74, 6) is 1.76. The maximum absolute atomic E-state index is 12.5. The lowest BCUT2D eigenvalue weighted by molar-refractivity contribution is -0.123. The van der Waals surface area contributed by atoms with E-state index in [9.17, 15) is 4.79 Å². The Balaban J connectivity index is 1.38. The van der Waals surface area contributed by atoms with Gasteiger partial charge in [-0.05, 0) is 31.9 Å². The molecule has 1 atom stereocenters. The van der Waals surface area contributed by atoms with E-state index in [-0.39, 0.29) is 11.9 Å². The number of benzene rings is 1. The SMILES string of the molecule is Cc1[nH]c2ccccc2c1CCNC(=O)C1Cn2c(C)nnc2CN1. The summed E-state index contributed by atoms with van der Waals surface area (Å²) in [7, 11) is 0. The van der Waals surface area contributed by atoms with Crippen LogP contribution in [0.4, 0.5) is 0 Å². The van der Waals surface area contributed by atoms with Gasteiger partial charge in [0.25, 0.3) is 0 Å². The number of amides is 1. The standard InChI is InChI=1S/C18H22N6O/c1-11-13(14-5-3-4-6-15(14)21-11)7-8-19-18(25)16-10-24-12(2)22-23-17(24)9-20-16/h3-6,16,20-21H,7-10H2,1-2H3,(H,19,25). The van der Waals surface area contributed by atoms with Gasteiger partial charge in [-0.2, -0.15) is 0 Å². The molecule has 0 fully saturated rings. The summed E-state index contributed by atoms with van der Waals surface area (Å²) in [4.78, 5) is 15.9. The number of aryl methyl sites for hydroxylation is 2. The van der Waals surface area contributed by atoms with Crippen LogP contribution in [0.15, 0.2) is 24.3 Å². The topological polar surface area (TPSA) is 87.6 Å². The van der Waals surface area contributed by atoms with Gasteiger partial charge in [-0.25, -0.2) is 0 Å². The van der Waals surface area contributed by atoms with Gasteiger partial charge in [0, 0.05) is 29.7 Å². The third kappa shape index (κ3) is 2.91. The Morgan fingerprint density at radius 1 is 1.32 bits per heavy atom. The van der Waals surface area contributed by atoms with Crippen LogP contribution in [-0.4, -0.2) is 38.2 Å². The van der Waals surface area contributed by atoms with Crippen molar-refractivity contribution in [3.05, 3.63) is 47.2 Å². The molecule has 1 unspecified atom stereocenters. The van der Waals surface area contributed by atoms with Crippen molar-refractivity contribution in [1.82, 2.24) is 30.4 Å². The molecule has 7 heteroatoms. The minimum Gasteiger partial charge on any atom is -0.358 e. The van der Waals surface area contributed by atoms with Crippen LogP contribution in [0.1, 0.15) is 22.9 Å². The second kappa shape index (κ2) is 6.33. The summed E-state index contributed by atoms with van der Waals surface area (Å²) in [6.45, 7) is 5.76. The number of rotatable bonds is 4. The van der Waals surface area contributed by atoms with E-state index in [4.69, 9.17) is 0 Å². The monoisotopic (exact) mass is 338 g/mol. The number of nitrogens with one attached hydrogen (secondary N) is 3. The summed E-state index contributed by atoms with van der Waals surface area (Å²) in [5.41, 5.74) is 3.58. The molecule has 0 saturated heterocycles. The second-order valence-corrected chi connectivity index (χ2v) is 6.52. The molecular weight excluding hydrogens is 316 g/mol. The highest BCUT2D eigenvalue weighted by molar-refractivity contribution is 5.85. The number of H-pyrrole nitrogens is 1. The van der Waals surface area contributed by atoms with Crippen LogP contribution < -0.4 is 10.6 Å². The van der Waals surface area contributed by atoms with E-state index >= 15 is 0 Å². The number of aromatic nitrogens is 4.